The van der Waals surface area contributed by atoms with Gasteiger partial charge in [0.1, 0.15) is 10.7 Å². The number of likely N-dealkylation sites (tertiary alicyclic amines) is 1. The highest BCUT2D eigenvalue weighted by Gasteiger charge is 2.29. The zero-order valence-corrected chi connectivity index (χ0v) is 11.9. The van der Waals surface area contributed by atoms with Crippen LogP contribution in [0.5, 0.6) is 0 Å². The summed E-state index contributed by atoms with van der Waals surface area (Å²) in [6.45, 7) is 4.29. The lowest BCUT2D eigenvalue weighted by Gasteiger charge is -2.14. The van der Waals surface area contributed by atoms with Crippen molar-refractivity contribution in [1.29, 1.82) is 0 Å². The Morgan fingerprint density at radius 1 is 1.68 bits per heavy atom. The molecule has 1 aliphatic rings. The lowest BCUT2D eigenvalue weighted by molar-refractivity contribution is 0.0787. The van der Waals surface area contributed by atoms with Gasteiger partial charge in [-0.15, -0.1) is 0 Å². The Bertz CT molecular complexity index is 449. The zero-order valence-electron chi connectivity index (χ0n) is 11.1. The van der Waals surface area contributed by atoms with Gasteiger partial charge in [0.05, 0.1) is 0 Å². The van der Waals surface area contributed by atoms with Crippen LogP contribution in [0.4, 0.5) is 10.9 Å². The van der Waals surface area contributed by atoms with Crippen molar-refractivity contribution >= 4 is 28.2 Å². The van der Waals surface area contributed by atoms with E-state index in [1.165, 1.54) is 11.3 Å². The van der Waals surface area contributed by atoms with Crippen LogP contribution in [0, 0.1) is 5.92 Å². The molecule has 2 heterocycles. The molecule has 6 nitrogen and oxygen atoms in total. The highest BCUT2D eigenvalue weighted by atomic mass is 32.1. The highest BCUT2D eigenvalue weighted by Crippen LogP contribution is 2.28. The van der Waals surface area contributed by atoms with E-state index >= 15 is 0 Å². The molecule has 19 heavy (non-hydrogen) atoms. The van der Waals surface area contributed by atoms with Crippen LogP contribution in [0.1, 0.15) is 29.4 Å². The molecule has 1 fully saturated rings. The molecule has 0 aliphatic carbocycles. The third-order valence-electron chi connectivity index (χ3n) is 3.21. The fourth-order valence-electron chi connectivity index (χ4n) is 2.10. The third kappa shape index (κ3) is 3.16. The number of nitrogens with zero attached hydrogens (tertiary/aromatic N) is 2. The average Bonchev–Trinajstić information content (AvgIpc) is 3.02. The number of hydrogen-bond acceptors (Lipinski definition) is 6. The molecule has 1 aromatic rings. The number of hydrogen-bond donors (Lipinski definition) is 3. The molecule has 106 valence electrons. The summed E-state index contributed by atoms with van der Waals surface area (Å²) in [5, 5.41) is 12.9. The molecule has 0 radical (unpaired) electrons. The minimum atomic E-state index is -0.0736. The molecule has 2 rings (SSSR count). The van der Waals surface area contributed by atoms with E-state index in [9.17, 15) is 4.79 Å². The topological polar surface area (TPSA) is 91.5 Å². The van der Waals surface area contributed by atoms with Crippen LogP contribution in [0.15, 0.2) is 0 Å². The SMILES string of the molecule is CCCNc1nc(N)c(C(=O)N2CCC(CO)C2)s1. The van der Waals surface area contributed by atoms with E-state index in [4.69, 9.17) is 10.8 Å². The lowest BCUT2D eigenvalue weighted by Crippen LogP contribution is -2.29. The van der Waals surface area contributed by atoms with Crippen LogP contribution in [0.3, 0.4) is 0 Å². The molecule has 1 saturated heterocycles. The Balaban J connectivity index is 2.04. The summed E-state index contributed by atoms with van der Waals surface area (Å²) < 4.78 is 0. The van der Waals surface area contributed by atoms with Crippen LogP contribution in [0.25, 0.3) is 0 Å². The number of rotatable bonds is 5. The summed E-state index contributed by atoms with van der Waals surface area (Å²) in [5.74, 6) is 0.410. The summed E-state index contributed by atoms with van der Waals surface area (Å²) in [6.07, 6.45) is 1.84. The van der Waals surface area contributed by atoms with Gasteiger partial charge in [-0.25, -0.2) is 4.98 Å². The number of nitrogen functional groups attached to an aromatic ring is 1. The molecule has 0 aromatic carbocycles. The first-order chi connectivity index (χ1) is 9.15. The fraction of sp³-hybridized carbons (Fsp3) is 0.667. The van der Waals surface area contributed by atoms with Crippen molar-refractivity contribution in [3.63, 3.8) is 0 Å². The number of nitrogens with one attached hydrogen (secondary N) is 1. The first-order valence-electron chi connectivity index (χ1n) is 6.56. The molecule has 1 aliphatic heterocycles. The molecule has 0 bridgehead atoms. The molecule has 1 amide bonds. The summed E-state index contributed by atoms with van der Waals surface area (Å²) in [7, 11) is 0. The molecular formula is C12H20N4O2S. The van der Waals surface area contributed by atoms with E-state index in [0.717, 1.165) is 19.4 Å². The average molecular weight is 284 g/mol. The van der Waals surface area contributed by atoms with Gasteiger partial charge >= 0.3 is 0 Å². The molecule has 7 heteroatoms. The van der Waals surface area contributed by atoms with Gasteiger partial charge in [0.15, 0.2) is 5.13 Å². The fourth-order valence-corrected chi connectivity index (χ4v) is 2.98. The van der Waals surface area contributed by atoms with E-state index in [1.54, 1.807) is 4.90 Å². The van der Waals surface area contributed by atoms with Gasteiger partial charge in [0, 0.05) is 32.2 Å². The number of carbonyl (C=O) groups is 1. The first kappa shape index (κ1) is 14.1. The van der Waals surface area contributed by atoms with Gasteiger partial charge in [-0.1, -0.05) is 18.3 Å². The first-order valence-corrected chi connectivity index (χ1v) is 7.37. The number of thiazole rings is 1. The monoisotopic (exact) mass is 284 g/mol. The largest absolute Gasteiger partial charge is 0.396 e. The maximum atomic E-state index is 12.3. The summed E-state index contributed by atoms with van der Waals surface area (Å²) in [4.78, 5) is 18.7. The zero-order chi connectivity index (χ0) is 13.8. The molecule has 1 aromatic heterocycles. The Morgan fingerprint density at radius 2 is 2.47 bits per heavy atom. The van der Waals surface area contributed by atoms with Crippen LogP contribution in [0.2, 0.25) is 0 Å². The summed E-state index contributed by atoms with van der Waals surface area (Å²) >= 11 is 1.30. The Kier molecular flexibility index (Phi) is 4.60. The van der Waals surface area contributed by atoms with Gasteiger partial charge in [-0.2, -0.15) is 0 Å². The number of nitrogens with two attached hydrogens (primary N) is 1. The van der Waals surface area contributed by atoms with Gasteiger partial charge in [-0.3, -0.25) is 4.79 Å². The minimum absolute atomic E-state index is 0.0736. The van der Waals surface area contributed by atoms with Crippen LogP contribution >= 0.6 is 11.3 Å². The van der Waals surface area contributed by atoms with Gasteiger partial charge in [0.2, 0.25) is 0 Å². The molecule has 0 saturated carbocycles. The Morgan fingerprint density at radius 3 is 3.11 bits per heavy atom. The van der Waals surface area contributed by atoms with Gasteiger partial charge in [0.25, 0.3) is 5.91 Å². The smallest absolute Gasteiger partial charge is 0.267 e. The molecule has 4 N–H and O–H groups in total. The number of anilines is 2. The second-order valence-electron chi connectivity index (χ2n) is 4.75. The number of aliphatic hydroxyl groups is 1. The number of carbonyl (C=O) groups excluding carboxylic acids is 1. The van der Waals surface area contributed by atoms with Gasteiger partial charge < -0.3 is 21.1 Å². The van der Waals surface area contributed by atoms with Gasteiger partial charge in [-0.05, 0) is 12.8 Å². The summed E-state index contributed by atoms with van der Waals surface area (Å²) in [5.41, 5.74) is 5.81. The van der Waals surface area contributed by atoms with E-state index < -0.39 is 0 Å². The predicted octanol–water partition coefficient (Wildman–Crippen LogP) is 1.00. The minimum Gasteiger partial charge on any atom is -0.396 e. The van der Waals surface area contributed by atoms with E-state index in [0.29, 0.717) is 28.9 Å². The van der Waals surface area contributed by atoms with Crippen molar-refractivity contribution in [3.8, 4) is 0 Å². The predicted molar refractivity (Wildman–Crippen MR) is 76.4 cm³/mol. The van der Waals surface area contributed by atoms with Crippen molar-refractivity contribution in [3.05, 3.63) is 4.88 Å². The third-order valence-corrected chi connectivity index (χ3v) is 4.22. The van der Waals surface area contributed by atoms with Crippen molar-refractivity contribution in [2.75, 3.05) is 37.3 Å². The normalized spacial score (nSPS) is 18.8. The lowest BCUT2D eigenvalue weighted by atomic mass is 10.1. The Hall–Kier alpha value is -1.34. The van der Waals surface area contributed by atoms with Crippen LogP contribution < -0.4 is 11.1 Å². The number of aliphatic hydroxyl groups excluding tert-OH is 1. The quantitative estimate of drug-likeness (QED) is 0.750. The molecule has 0 spiro atoms. The second-order valence-corrected chi connectivity index (χ2v) is 5.75. The number of amides is 1. The highest BCUT2D eigenvalue weighted by molar-refractivity contribution is 7.18. The second kappa shape index (κ2) is 6.21. The maximum Gasteiger partial charge on any atom is 0.267 e. The van der Waals surface area contributed by atoms with Crippen LogP contribution in [-0.4, -0.2) is 47.1 Å². The molecule has 1 atom stereocenters. The van der Waals surface area contributed by atoms with Crippen LogP contribution in [-0.2, 0) is 0 Å². The van der Waals surface area contributed by atoms with Crippen molar-refractivity contribution in [1.82, 2.24) is 9.88 Å². The number of aromatic nitrogens is 1. The molecule has 1 unspecified atom stereocenters. The van der Waals surface area contributed by atoms with Crippen molar-refractivity contribution < 1.29 is 9.90 Å². The van der Waals surface area contributed by atoms with E-state index in [2.05, 4.69) is 17.2 Å². The van der Waals surface area contributed by atoms with Crippen molar-refractivity contribution in [2.45, 2.75) is 19.8 Å². The van der Waals surface area contributed by atoms with Crippen molar-refractivity contribution in [2.24, 2.45) is 5.92 Å². The van der Waals surface area contributed by atoms with E-state index in [-0.39, 0.29) is 18.4 Å². The standard InChI is InChI=1S/C12H20N4O2S/c1-2-4-14-12-15-10(13)9(19-12)11(18)16-5-3-8(6-16)7-17/h8,17H,2-7,13H2,1H3,(H,14,15). The maximum absolute atomic E-state index is 12.3. The summed E-state index contributed by atoms with van der Waals surface area (Å²) in [6, 6.07) is 0. The Labute approximate surface area is 116 Å². The van der Waals surface area contributed by atoms with E-state index in [1.807, 2.05) is 0 Å². The molecular weight excluding hydrogens is 264 g/mol.